The summed E-state index contributed by atoms with van der Waals surface area (Å²) in [5.41, 5.74) is 2.00. The lowest BCUT2D eigenvalue weighted by Gasteiger charge is -2.13. The van der Waals surface area contributed by atoms with Crippen molar-refractivity contribution in [3.05, 3.63) is 68.5 Å². The number of halogens is 2. The first kappa shape index (κ1) is 19.5. The largest absolute Gasteiger partial charge is 0.324 e. The van der Waals surface area contributed by atoms with Gasteiger partial charge in [-0.2, -0.15) is 0 Å². The summed E-state index contributed by atoms with van der Waals surface area (Å²) in [6.07, 6.45) is 1.55. The van der Waals surface area contributed by atoms with Gasteiger partial charge in [-0.25, -0.2) is 0 Å². The Bertz CT molecular complexity index is 975. The van der Waals surface area contributed by atoms with Crippen molar-refractivity contribution >= 4 is 63.8 Å². The van der Waals surface area contributed by atoms with Gasteiger partial charge in [0.15, 0.2) is 0 Å². The molecule has 27 heavy (non-hydrogen) atoms. The zero-order chi connectivity index (χ0) is 19.6. The van der Waals surface area contributed by atoms with E-state index in [4.69, 9.17) is 23.2 Å². The van der Waals surface area contributed by atoms with Crippen LogP contribution in [0.1, 0.15) is 11.1 Å². The molecule has 5 nitrogen and oxygen atoms in total. The van der Waals surface area contributed by atoms with Crippen LogP contribution in [0.2, 0.25) is 10.0 Å². The number of carbonyl (C=O) groups is 3. The van der Waals surface area contributed by atoms with E-state index >= 15 is 0 Å². The van der Waals surface area contributed by atoms with Gasteiger partial charge in [0.1, 0.15) is 6.54 Å². The molecule has 138 valence electrons. The van der Waals surface area contributed by atoms with Gasteiger partial charge in [-0.15, -0.1) is 0 Å². The Morgan fingerprint density at radius 1 is 1.15 bits per heavy atom. The Balaban J connectivity index is 1.71. The van der Waals surface area contributed by atoms with Gasteiger partial charge in [0.05, 0.1) is 4.91 Å². The predicted molar refractivity (Wildman–Crippen MR) is 109 cm³/mol. The Morgan fingerprint density at radius 3 is 2.59 bits per heavy atom. The number of hydrogen-bond donors (Lipinski definition) is 1. The van der Waals surface area contributed by atoms with E-state index < -0.39 is 17.1 Å². The minimum Gasteiger partial charge on any atom is -0.324 e. The third-order valence-electron chi connectivity index (χ3n) is 3.82. The topological polar surface area (TPSA) is 66.5 Å². The zero-order valence-electron chi connectivity index (χ0n) is 14.2. The number of amides is 3. The number of aryl methyl sites for hydroxylation is 1. The Morgan fingerprint density at radius 2 is 1.89 bits per heavy atom. The lowest BCUT2D eigenvalue weighted by Crippen LogP contribution is -2.36. The predicted octanol–water partition coefficient (Wildman–Crippen LogP) is 4.98. The van der Waals surface area contributed by atoms with Crippen molar-refractivity contribution in [2.75, 3.05) is 11.9 Å². The standard InChI is InChI=1S/C19H14Cl2N2O3S/c1-11-6-7-13(9-15(11)21)22-17(24)10-23-18(25)16(27-19(23)26)8-12-4-2-3-5-14(12)20/h2-9H,10H2,1H3,(H,22,24)/b16-8+. The van der Waals surface area contributed by atoms with Gasteiger partial charge in [-0.05, 0) is 54.1 Å². The quantitative estimate of drug-likeness (QED) is 0.708. The summed E-state index contributed by atoms with van der Waals surface area (Å²) in [6, 6.07) is 12.1. The molecule has 1 heterocycles. The molecular formula is C19H14Cl2N2O3S. The second kappa shape index (κ2) is 8.17. The monoisotopic (exact) mass is 420 g/mol. The highest BCUT2D eigenvalue weighted by atomic mass is 35.5. The minimum absolute atomic E-state index is 0.222. The van der Waals surface area contributed by atoms with Gasteiger partial charge in [-0.3, -0.25) is 19.3 Å². The summed E-state index contributed by atoms with van der Waals surface area (Å²) in [4.78, 5) is 38.0. The lowest BCUT2D eigenvalue weighted by atomic mass is 10.2. The molecule has 2 aromatic rings. The van der Waals surface area contributed by atoms with Crippen molar-refractivity contribution in [2.45, 2.75) is 6.92 Å². The molecule has 2 aromatic carbocycles. The molecule has 0 unspecified atom stereocenters. The van der Waals surface area contributed by atoms with Gasteiger partial charge in [0, 0.05) is 15.7 Å². The molecule has 0 saturated carbocycles. The van der Waals surface area contributed by atoms with Crippen LogP contribution < -0.4 is 5.32 Å². The average Bonchev–Trinajstić information content (AvgIpc) is 2.88. The third-order valence-corrected chi connectivity index (χ3v) is 5.48. The first-order valence-corrected chi connectivity index (χ1v) is 9.48. The molecule has 1 N–H and O–H groups in total. The van der Waals surface area contributed by atoms with Crippen LogP contribution in [0, 0.1) is 6.92 Å². The Labute approximate surface area is 170 Å². The average molecular weight is 421 g/mol. The van der Waals surface area contributed by atoms with Crippen LogP contribution in [-0.4, -0.2) is 28.5 Å². The SMILES string of the molecule is Cc1ccc(NC(=O)CN2C(=O)S/C(=C/c3ccccc3Cl)C2=O)cc1Cl. The second-order valence-corrected chi connectivity index (χ2v) is 7.61. The number of thioether (sulfide) groups is 1. The minimum atomic E-state index is -0.526. The number of imide groups is 1. The van der Waals surface area contributed by atoms with Crippen molar-refractivity contribution in [2.24, 2.45) is 0 Å². The third kappa shape index (κ3) is 4.53. The van der Waals surface area contributed by atoms with Crippen LogP contribution in [0.3, 0.4) is 0 Å². The van der Waals surface area contributed by atoms with Crippen molar-refractivity contribution in [3.63, 3.8) is 0 Å². The van der Waals surface area contributed by atoms with Gasteiger partial charge >= 0.3 is 0 Å². The number of hydrogen-bond acceptors (Lipinski definition) is 4. The van der Waals surface area contributed by atoms with Crippen molar-refractivity contribution in [3.8, 4) is 0 Å². The molecule has 0 bridgehead atoms. The van der Waals surface area contributed by atoms with Gasteiger partial charge in [0.2, 0.25) is 5.91 Å². The van der Waals surface area contributed by atoms with Crippen LogP contribution in [0.15, 0.2) is 47.4 Å². The Hall–Kier alpha value is -2.28. The van der Waals surface area contributed by atoms with Crippen LogP contribution >= 0.6 is 35.0 Å². The van der Waals surface area contributed by atoms with E-state index in [0.717, 1.165) is 22.2 Å². The summed E-state index contributed by atoms with van der Waals surface area (Å²) in [5.74, 6) is -1.02. The highest BCUT2D eigenvalue weighted by Crippen LogP contribution is 2.33. The van der Waals surface area contributed by atoms with Gasteiger partial charge < -0.3 is 5.32 Å². The fourth-order valence-corrected chi connectivity index (χ4v) is 3.58. The molecule has 1 aliphatic heterocycles. The normalized spacial score (nSPS) is 15.5. The van der Waals surface area contributed by atoms with Crippen molar-refractivity contribution in [1.29, 1.82) is 0 Å². The molecule has 0 spiro atoms. The first-order valence-electron chi connectivity index (χ1n) is 7.91. The van der Waals surface area contributed by atoms with E-state index in [0.29, 0.717) is 21.3 Å². The molecule has 1 fully saturated rings. The maximum absolute atomic E-state index is 12.5. The number of rotatable bonds is 4. The lowest BCUT2D eigenvalue weighted by molar-refractivity contribution is -0.127. The Kier molecular flexibility index (Phi) is 5.89. The molecule has 1 saturated heterocycles. The number of nitrogens with zero attached hydrogens (tertiary/aromatic N) is 1. The second-order valence-electron chi connectivity index (χ2n) is 5.80. The fourth-order valence-electron chi connectivity index (χ4n) is 2.38. The van der Waals surface area contributed by atoms with Crippen molar-refractivity contribution in [1.82, 2.24) is 4.90 Å². The van der Waals surface area contributed by atoms with E-state index in [1.165, 1.54) is 0 Å². The highest BCUT2D eigenvalue weighted by Gasteiger charge is 2.36. The summed E-state index contributed by atoms with van der Waals surface area (Å²) < 4.78 is 0. The van der Waals surface area contributed by atoms with Crippen molar-refractivity contribution < 1.29 is 14.4 Å². The first-order chi connectivity index (χ1) is 12.8. The molecule has 1 aliphatic rings. The van der Waals surface area contributed by atoms with E-state index in [1.54, 1.807) is 48.5 Å². The summed E-state index contributed by atoms with van der Waals surface area (Å²) in [7, 11) is 0. The van der Waals surface area contributed by atoms with Crippen LogP contribution in [-0.2, 0) is 9.59 Å². The van der Waals surface area contributed by atoms with E-state index in [2.05, 4.69) is 5.32 Å². The van der Waals surface area contributed by atoms with Crippen LogP contribution in [0.25, 0.3) is 6.08 Å². The maximum atomic E-state index is 12.5. The molecule has 0 aliphatic carbocycles. The highest BCUT2D eigenvalue weighted by molar-refractivity contribution is 8.18. The summed E-state index contributed by atoms with van der Waals surface area (Å²) >= 11 is 12.9. The molecule has 0 radical (unpaired) electrons. The molecule has 3 amide bonds. The van der Waals surface area contributed by atoms with Gasteiger partial charge in [-0.1, -0.05) is 47.5 Å². The zero-order valence-corrected chi connectivity index (χ0v) is 16.5. The fraction of sp³-hybridized carbons (Fsp3) is 0.105. The van der Waals surface area contributed by atoms with E-state index in [-0.39, 0.29) is 11.4 Å². The molecule has 3 rings (SSSR count). The number of benzene rings is 2. The maximum Gasteiger partial charge on any atom is 0.294 e. The van der Waals surface area contributed by atoms with Crippen LogP contribution in [0.4, 0.5) is 10.5 Å². The van der Waals surface area contributed by atoms with Crippen LogP contribution in [0.5, 0.6) is 0 Å². The smallest absolute Gasteiger partial charge is 0.294 e. The van der Waals surface area contributed by atoms with E-state index in [9.17, 15) is 14.4 Å². The molecule has 0 aromatic heterocycles. The number of nitrogens with one attached hydrogen (secondary N) is 1. The molecule has 8 heteroatoms. The van der Waals surface area contributed by atoms with Gasteiger partial charge in [0.25, 0.3) is 11.1 Å². The summed E-state index contributed by atoms with van der Waals surface area (Å²) in [6.45, 7) is 1.47. The molecule has 0 atom stereocenters. The van der Waals surface area contributed by atoms with E-state index in [1.807, 2.05) is 6.92 Å². The molecular weight excluding hydrogens is 407 g/mol. The summed E-state index contributed by atoms with van der Waals surface area (Å²) in [5, 5.41) is 3.11. The number of anilines is 1. The number of carbonyl (C=O) groups excluding carboxylic acids is 3.